The lowest BCUT2D eigenvalue weighted by Crippen LogP contribution is -2.12. The third-order valence-electron chi connectivity index (χ3n) is 2.71. The highest BCUT2D eigenvalue weighted by Crippen LogP contribution is 2.28. The average molecular weight is 163 g/mol. The summed E-state index contributed by atoms with van der Waals surface area (Å²) in [6.07, 6.45) is 10.5. The maximum absolute atomic E-state index is 4.10. The summed E-state index contributed by atoms with van der Waals surface area (Å²) in [5.41, 5.74) is 1.06. The molecule has 2 rings (SSSR count). The van der Waals surface area contributed by atoms with Gasteiger partial charge in [-0.25, -0.2) is 4.98 Å². The summed E-state index contributed by atoms with van der Waals surface area (Å²) in [5.74, 6) is 0. The fourth-order valence-electron chi connectivity index (χ4n) is 2.02. The molecule has 0 amide bonds. The van der Waals surface area contributed by atoms with Crippen LogP contribution in [0.3, 0.4) is 0 Å². The van der Waals surface area contributed by atoms with Crippen LogP contribution in [0.1, 0.15) is 43.8 Å². The molecule has 0 aliphatic heterocycles. The zero-order valence-corrected chi connectivity index (χ0v) is 7.37. The van der Waals surface area contributed by atoms with E-state index in [1.165, 1.54) is 32.1 Å². The molecule has 2 nitrogen and oxygen atoms in total. The van der Waals surface area contributed by atoms with Crippen LogP contribution in [0.25, 0.3) is 0 Å². The minimum absolute atomic E-state index is 0.675. The summed E-state index contributed by atoms with van der Waals surface area (Å²) in [7, 11) is 0. The van der Waals surface area contributed by atoms with Crippen molar-refractivity contribution in [2.45, 2.75) is 38.1 Å². The fraction of sp³-hybridized carbons (Fsp3) is 0.600. The lowest BCUT2D eigenvalue weighted by molar-refractivity contribution is 0.351. The molecule has 0 bridgehead atoms. The van der Waals surface area contributed by atoms with Gasteiger partial charge in [0.1, 0.15) is 0 Å². The summed E-state index contributed by atoms with van der Waals surface area (Å²) in [4.78, 5) is 4.10. The molecule has 1 aromatic heterocycles. The topological polar surface area (TPSA) is 17.8 Å². The number of hydrogen-bond donors (Lipinski definition) is 0. The number of hydrogen-bond acceptors (Lipinski definition) is 1. The Morgan fingerprint density at radius 2 is 2.08 bits per heavy atom. The van der Waals surface area contributed by atoms with Crippen LogP contribution in [0.5, 0.6) is 0 Å². The molecular weight excluding hydrogens is 148 g/mol. The average Bonchev–Trinajstić information content (AvgIpc) is 2.53. The van der Waals surface area contributed by atoms with Gasteiger partial charge in [0.2, 0.25) is 0 Å². The molecule has 65 valence electrons. The van der Waals surface area contributed by atoms with E-state index in [1.807, 2.05) is 12.5 Å². The molecule has 0 saturated heterocycles. The van der Waals surface area contributed by atoms with Crippen LogP contribution < -0.4 is 0 Å². The Kier molecular flexibility index (Phi) is 2.15. The fourth-order valence-corrected chi connectivity index (χ4v) is 2.02. The smallest absolute Gasteiger partial charge is 0.0950 e. The molecule has 1 heterocycles. The van der Waals surface area contributed by atoms with E-state index in [0.717, 1.165) is 5.69 Å². The first-order valence-electron chi connectivity index (χ1n) is 4.72. The van der Waals surface area contributed by atoms with Gasteiger partial charge in [0.25, 0.3) is 0 Å². The Morgan fingerprint density at radius 3 is 2.67 bits per heavy atom. The van der Waals surface area contributed by atoms with Crippen molar-refractivity contribution in [1.29, 1.82) is 0 Å². The summed E-state index contributed by atoms with van der Waals surface area (Å²) in [6.45, 7) is 3.96. The van der Waals surface area contributed by atoms with Crippen molar-refractivity contribution in [3.8, 4) is 0 Å². The summed E-state index contributed by atoms with van der Waals surface area (Å²) >= 11 is 0. The number of nitrogens with zero attached hydrogens (tertiary/aromatic N) is 2. The van der Waals surface area contributed by atoms with Crippen molar-refractivity contribution in [1.82, 2.24) is 9.55 Å². The normalized spacial score (nSPS) is 19.8. The molecule has 1 aliphatic rings. The van der Waals surface area contributed by atoms with E-state index in [2.05, 4.69) is 16.5 Å². The monoisotopic (exact) mass is 163 g/mol. The Bertz CT molecular complexity index is 246. The molecule has 0 unspecified atom stereocenters. The molecule has 1 radical (unpaired) electrons. The quantitative estimate of drug-likeness (QED) is 0.622. The highest BCUT2D eigenvalue weighted by molar-refractivity contribution is 5.03. The second kappa shape index (κ2) is 3.30. The predicted octanol–water partition coefficient (Wildman–Crippen LogP) is 2.57. The van der Waals surface area contributed by atoms with Crippen molar-refractivity contribution < 1.29 is 0 Å². The van der Waals surface area contributed by atoms with E-state index in [-0.39, 0.29) is 0 Å². The molecule has 1 saturated carbocycles. The molecule has 1 fully saturated rings. The minimum Gasteiger partial charge on any atom is -0.332 e. The molecule has 0 spiro atoms. The van der Waals surface area contributed by atoms with Crippen molar-refractivity contribution >= 4 is 0 Å². The SMILES string of the molecule is [CH2]c1cncn1C1CCCCC1. The number of rotatable bonds is 1. The summed E-state index contributed by atoms with van der Waals surface area (Å²) in [6, 6.07) is 0.675. The van der Waals surface area contributed by atoms with Crippen molar-refractivity contribution in [2.24, 2.45) is 0 Å². The molecule has 1 aliphatic carbocycles. The third kappa shape index (κ3) is 1.38. The van der Waals surface area contributed by atoms with Crippen LogP contribution in [0, 0.1) is 6.92 Å². The van der Waals surface area contributed by atoms with Gasteiger partial charge in [-0.3, -0.25) is 0 Å². The van der Waals surface area contributed by atoms with Gasteiger partial charge in [-0.1, -0.05) is 19.3 Å². The molecule has 1 aromatic rings. The van der Waals surface area contributed by atoms with Crippen LogP contribution in [0.4, 0.5) is 0 Å². The maximum atomic E-state index is 4.10. The van der Waals surface area contributed by atoms with Gasteiger partial charge < -0.3 is 4.57 Å². The Balaban J connectivity index is 2.13. The Hall–Kier alpha value is -0.790. The van der Waals surface area contributed by atoms with Gasteiger partial charge in [0.15, 0.2) is 0 Å². The largest absolute Gasteiger partial charge is 0.332 e. The first-order valence-corrected chi connectivity index (χ1v) is 4.72. The molecular formula is C10H15N2. The number of aromatic nitrogens is 2. The Labute approximate surface area is 73.6 Å². The van der Waals surface area contributed by atoms with Crippen molar-refractivity contribution in [2.75, 3.05) is 0 Å². The third-order valence-corrected chi connectivity index (χ3v) is 2.71. The first-order chi connectivity index (χ1) is 5.88. The van der Waals surface area contributed by atoms with Crippen molar-refractivity contribution in [3.63, 3.8) is 0 Å². The van der Waals surface area contributed by atoms with E-state index >= 15 is 0 Å². The second-order valence-corrected chi connectivity index (χ2v) is 3.58. The summed E-state index contributed by atoms with van der Waals surface area (Å²) in [5, 5.41) is 0. The van der Waals surface area contributed by atoms with E-state index in [4.69, 9.17) is 0 Å². The van der Waals surface area contributed by atoms with Crippen LogP contribution >= 0.6 is 0 Å². The lowest BCUT2D eigenvalue weighted by atomic mass is 9.95. The molecule has 2 heteroatoms. The van der Waals surface area contributed by atoms with Gasteiger partial charge in [0.05, 0.1) is 6.33 Å². The number of imidazole rings is 1. The zero-order valence-electron chi connectivity index (χ0n) is 7.37. The standard InChI is InChI=1S/C10H15N2/c1-9-7-11-8-12(9)10-5-3-2-4-6-10/h7-8,10H,1-6H2. The van der Waals surface area contributed by atoms with Crippen LogP contribution in [-0.2, 0) is 0 Å². The van der Waals surface area contributed by atoms with E-state index in [9.17, 15) is 0 Å². The zero-order chi connectivity index (χ0) is 8.39. The first kappa shape index (κ1) is 7.84. The predicted molar refractivity (Wildman–Crippen MR) is 48.8 cm³/mol. The van der Waals surface area contributed by atoms with Gasteiger partial charge in [-0.05, 0) is 19.8 Å². The Morgan fingerprint density at radius 1 is 1.33 bits per heavy atom. The van der Waals surface area contributed by atoms with Gasteiger partial charge >= 0.3 is 0 Å². The van der Waals surface area contributed by atoms with E-state index in [0.29, 0.717) is 6.04 Å². The van der Waals surface area contributed by atoms with Crippen LogP contribution in [0.15, 0.2) is 12.5 Å². The van der Waals surface area contributed by atoms with Crippen molar-refractivity contribution in [3.05, 3.63) is 25.1 Å². The molecule has 0 aromatic carbocycles. The van der Waals surface area contributed by atoms with Gasteiger partial charge in [0, 0.05) is 17.9 Å². The maximum Gasteiger partial charge on any atom is 0.0950 e. The molecule has 0 N–H and O–H groups in total. The van der Waals surface area contributed by atoms with Crippen LogP contribution in [-0.4, -0.2) is 9.55 Å². The van der Waals surface area contributed by atoms with E-state index < -0.39 is 0 Å². The highest BCUT2D eigenvalue weighted by Gasteiger charge is 2.15. The summed E-state index contributed by atoms with van der Waals surface area (Å²) < 4.78 is 2.22. The van der Waals surface area contributed by atoms with E-state index in [1.54, 1.807) is 0 Å². The minimum atomic E-state index is 0.675. The lowest BCUT2D eigenvalue weighted by Gasteiger charge is -2.23. The van der Waals surface area contributed by atoms with Crippen LogP contribution in [0.2, 0.25) is 0 Å². The molecule has 0 atom stereocenters. The molecule has 12 heavy (non-hydrogen) atoms. The highest BCUT2D eigenvalue weighted by atomic mass is 15.1. The van der Waals surface area contributed by atoms with Gasteiger partial charge in [-0.2, -0.15) is 0 Å². The second-order valence-electron chi connectivity index (χ2n) is 3.58. The van der Waals surface area contributed by atoms with Gasteiger partial charge in [-0.15, -0.1) is 0 Å².